The Bertz CT molecular complexity index is 1610. The van der Waals surface area contributed by atoms with Crippen LogP contribution in [0, 0.1) is 0 Å². The van der Waals surface area contributed by atoms with Crippen LogP contribution in [0.1, 0.15) is 275 Å². The van der Waals surface area contributed by atoms with Crippen molar-refractivity contribution in [2.24, 2.45) is 0 Å². The predicted octanol–water partition coefficient (Wildman–Crippen LogP) is 21.4. The van der Waals surface area contributed by atoms with E-state index in [0.717, 1.165) is 17.2 Å². The van der Waals surface area contributed by atoms with Gasteiger partial charge < -0.3 is 0 Å². The number of pyridine rings is 3. The summed E-state index contributed by atoms with van der Waals surface area (Å²) in [5, 5.41) is 0. The molecule has 7 rings (SSSR count). The van der Waals surface area contributed by atoms with Crippen LogP contribution in [0.25, 0.3) is 0 Å². The van der Waals surface area contributed by atoms with Gasteiger partial charge in [0.1, 0.15) is 12.2 Å². The highest BCUT2D eigenvalue weighted by molar-refractivity contribution is 5.18. The molecule has 0 atom stereocenters. The molecule has 0 fully saturated rings. The van der Waals surface area contributed by atoms with E-state index in [2.05, 4.69) is 172 Å². The normalized spacial score (nSPS) is 8.82. The highest BCUT2D eigenvalue weighted by Crippen LogP contribution is 2.14. The topological polar surface area (TPSA) is 116 Å². The van der Waals surface area contributed by atoms with E-state index < -0.39 is 0 Å². The first-order valence-electron chi connectivity index (χ1n) is 29.2. The van der Waals surface area contributed by atoms with Gasteiger partial charge in [0.2, 0.25) is 0 Å². The van der Waals surface area contributed by atoms with Gasteiger partial charge in [-0.05, 0) is 94.2 Å². The molecule has 77 heavy (non-hydrogen) atoms. The molecule has 0 aliphatic rings. The molecule has 6 heterocycles. The molecule has 0 unspecified atom stereocenters. The largest absolute Gasteiger partial charge is 0.265 e. The fourth-order valence-electron chi connectivity index (χ4n) is 4.85. The lowest BCUT2D eigenvalue weighted by Gasteiger charge is -2.01. The summed E-state index contributed by atoms with van der Waals surface area (Å²) < 4.78 is 0. The monoisotopic (exact) mass is 1060 g/mol. The van der Waals surface area contributed by atoms with E-state index in [1.165, 1.54) is 22.3 Å². The van der Waals surface area contributed by atoms with E-state index >= 15 is 0 Å². The maximum atomic E-state index is 4.18. The standard InChI is InChI=1S/C9H12.3C8H11N.3C7H10N2.7C2H6/c1-8(2)9-6-4-3-5-7-9;1-7(2)8-3-5-9-6-4-8;1-7(2)8-4-3-5-9-6-8;1-7(2)8-5-3-4-6-9-8;1-6(2)7-3-8-5-9-4-7;1-6(2)7-5-8-3-4-9-7;1-6(2)7-8-4-3-5-9-7;7*1-2/h3-8H,1-2H3;3*3-7H,1-2H3;3*3-6H,1-2H3;7*1-2H3. The summed E-state index contributed by atoms with van der Waals surface area (Å²) in [6, 6.07) is 26.5. The maximum absolute atomic E-state index is 4.18. The molecule has 0 aliphatic heterocycles. The van der Waals surface area contributed by atoms with E-state index in [1.54, 1.807) is 43.5 Å². The summed E-state index contributed by atoms with van der Waals surface area (Å²) in [5.41, 5.74) is 7.48. The van der Waals surface area contributed by atoms with E-state index in [9.17, 15) is 0 Å². The Kier molecular flexibility index (Phi) is 72.8. The summed E-state index contributed by atoms with van der Waals surface area (Å²) >= 11 is 0. The Labute approximate surface area is 477 Å². The minimum Gasteiger partial charge on any atom is -0.265 e. The van der Waals surface area contributed by atoms with Gasteiger partial charge in [-0.25, -0.2) is 19.9 Å². The minimum absolute atomic E-state index is 0.436. The zero-order chi connectivity index (χ0) is 60.8. The average Bonchev–Trinajstić information content (AvgIpc) is 3.51. The van der Waals surface area contributed by atoms with Gasteiger partial charge in [-0.2, -0.15) is 0 Å². The molecule has 0 radical (unpaired) electrons. The van der Waals surface area contributed by atoms with Crippen LogP contribution in [0.15, 0.2) is 160 Å². The van der Waals surface area contributed by atoms with Crippen LogP contribution in [0.2, 0.25) is 0 Å². The third kappa shape index (κ3) is 53.1. The van der Waals surface area contributed by atoms with Gasteiger partial charge >= 0.3 is 0 Å². The molecule has 7 aromatic rings. The molecule has 0 spiro atoms. The van der Waals surface area contributed by atoms with E-state index in [-0.39, 0.29) is 0 Å². The first-order chi connectivity index (χ1) is 37.1. The fraction of sp³-hybridized carbons (Fsp3) is 0.515. The molecule has 6 aromatic heterocycles. The summed E-state index contributed by atoms with van der Waals surface area (Å²) in [4.78, 5) is 36.1. The lowest BCUT2D eigenvalue weighted by molar-refractivity contribution is 0.774. The van der Waals surface area contributed by atoms with Crippen molar-refractivity contribution in [2.45, 2.75) is 235 Å². The summed E-state index contributed by atoms with van der Waals surface area (Å²) in [6.45, 7) is 58.0. The van der Waals surface area contributed by atoms with E-state index in [0.29, 0.717) is 41.4 Å². The van der Waals surface area contributed by atoms with Gasteiger partial charge in [-0.3, -0.25) is 24.9 Å². The Hall–Kier alpha value is -6.09. The molecule has 0 amide bonds. The third-order valence-electron chi connectivity index (χ3n) is 8.99. The second-order valence-corrected chi connectivity index (χ2v) is 16.7. The highest BCUT2D eigenvalue weighted by Gasteiger charge is 2.00. The second-order valence-electron chi connectivity index (χ2n) is 16.7. The smallest absolute Gasteiger partial charge is 0.130 e. The zero-order valence-corrected chi connectivity index (χ0v) is 54.6. The summed E-state index contributed by atoms with van der Waals surface area (Å²) in [5.74, 6) is 4.79. The quantitative estimate of drug-likeness (QED) is 0.154. The Morgan fingerprint density at radius 3 is 0.896 bits per heavy atom. The van der Waals surface area contributed by atoms with Crippen molar-refractivity contribution in [1.82, 2.24) is 44.9 Å². The lowest BCUT2D eigenvalue weighted by atomic mass is 10.0. The predicted molar refractivity (Wildman–Crippen MR) is 343 cm³/mol. The number of nitrogens with zero attached hydrogens (tertiary/aromatic N) is 9. The number of hydrogen-bond acceptors (Lipinski definition) is 9. The van der Waals surface area contributed by atoms with E-state index in [4.69, 9.17) is 0 Å². The van der Waals surface area contributed by atoms with Crippen molar-refractivity contribution in [3.63, 3.8) is 0 Å². The molecule has 0 N–H and O–H groups in total. The van der Waals surface area contributed by atoms with Crippen LogP contribution >= 0.6 is 0 Å². The van der Waals surface area contributed by atoms with Crippen molar-refractivity contribution >= 4 is 0 Å². The molecule has 0 saturated carbocycles. The van der Waals surface area contributed by atoms with Gasteiger partial charge in [0.15, 0.2) is 0 Å². The van der Waals surface area contributed by atoms with E-state index in [1.807, 2.05) is 183 Å². The Morgan fingerprint density at radius 2 is 0.623 bits per heavy atom. The minimum atomic E-state index is 0.436. The molecular formula is C68H117N9. The van der Waals surface area contributed by atoms with Gasteiger partial charge in [0.05, 0.1) is 5.69 Å². The summed E-state index contributed by atoms with van der Waals surface area (Å²) in [6.07, 6.45) is 23.2. The molecule has 434 valence electrons. The Balaban J connectivity index is -0.000000143. The average molecular weight is 1060 g/mol. The number of rotatable bonds is 7. The Morgan fingerprint density at radius 1 is 0.234 bits per heavy atom. The van der Waals surface area contributed by atoms with Crippen molar-refractivity contribution in [1.29, 1.82) is 0 Å². The molecule has 0 bridgehead atoms. The number of hydrogen-bond donors (Lipinski definition) is 0. The van der Waals surface area contributed by atoms with Gasteiger partial charge in [0.25, 0.3) is 0 Å². The third-order valence-corrected chi connectivity index (χ3v) is 8.99. The van der Waals surface area contributed by atoms with Crippen LogP contribution in [-0.2, 0) is 0 Å². The van der Waals surface area contributed by atoms with Crippen LogP contribution in [0.5, 0.6) is 0 Å². The van der Waals surface area contributed by atoms with Crippen molar-refractivity contribution < 1.29 is 0 Å². The van der Waals surface area contributed by atoms with Crippen LogP contribution < -0.4 is 0 Å². The molecule has 0 aliphatic carbocycles. The molecule has 0 saturated heterocycles. The summed E-state index contributed by atoms with van der Waals surface area (Å²) in [7, 11) is 0. The second kappa shape index (κ2) is 66.0. The van der Waals surface area contributed by atoms with Crippen LogP contribution in [0.3, 0.4) is 0 Å². The first-order valence-corrected chi connectivity index (χ1v) is 29.2. The highest BCUT2D eigenvalue weighted by atomic mass is 14.9. The number of aromatic nitrogens is 9. The fourth-order valence-corrected chi connectivity index (χ4v) is 4.85. The maximum Gasteiger partial charge on any atom is 0.130 e. The molecule has 1 aromatic carbocycles. The van der Waals surface area contributed by atoms with Gasteiger partial charge in [-0.15, -0.1) is 0 Å². The van der Waals surface area contributed by atoms with Crippen molar-refractivity contribution in [3.05, 3.63) is 199 Å². The lowest BCUT2D eigenvalue weighted by Crippen LogP contribution is -1.93. The van der Waals surface area contributed by atoms with Crippen LogP contribution in [0.4, 0.5) is 0 Å². The van der Waals surface area contributed by atoms with Gasteiger partial charge in [-0.1, -0.05) is 236 Å². The molecular weight excluding hydrogens is 943 g/mol. The SMILES string of the molecule is CC.CC.CC.CC.CC.CC.CC.CC(C)c1ccccc1.CC(C)c1ccccn1.CC(C)c1cccnc1.CC(C)c1ccncc1.CC(C)c1cnccn1.CC(C)c1cncnc1.CC(C)c1ncccn1. The number of benzene rings is 1. The van der Waals surface area contributed by atoms with Gasteiger partial charge in [0, 0.05) is 86.0 Å². The molecule has 9 nitrogen and oxygen atoms in total. The zero-order valence-electron chi connectivity index (χ0n) is 54.6. The first kappa shape index (κ1) is 84.8. The van der Waals surface area contributed by atoms with Crippen LogP contribution in [-0.4, -0.2) is 44.9 Å². The van der Waals surface area contributed by atoms with Crippen molar-refractivity contribution in [3.8, 4) is 0 Å². The molecule has 9 heteroatoms. The van der Waals surface area contributed by atoms with Crippen molar-refractivity contribution in [2.75, 3.05) is 0 Å².